The molecule has 0 bridgehead atoms. The first-order valence-electron chi connectivity index (χ1n) is 11.4. The first-order valence-corrected chi connectivity index (χ1v) is 12.5. The number of carbonyl (C=O) groups is 2. The third-order valence-electron chi connectivity index (χ3n) is 8.27. The lowest BCUT2D eigenvalue weighted by Gasteiger charge is -2.65. The number of rotatable bonds is 8. The van der Waals surface area contributed by atoms with E-state index >= 15 is 0 Å². The van der Waals surface area contributed by atoms with Crippen molar-refractivity contribution in [1.82, 2.24) is 10.6 Å². The molecule has 3 heterocycles. The summed E-state index contributed by atoms with van der Waals surface area (Å²) in [6.07, 6.45) is 2.48. The van der Waals surface area contributed by atoms with Gasteiger partial charge in [0.05, 0.1) is 18.7 Å². The quantitative estimate of drug-likeness (QED) is 0.157. The van der Waals surface area contributed by atoms with Crippen LogP contribution in [0.3, 0.4) is 0 Å². The number of nitrogens with one attached hydrogen (secondary N) is 2. The highest BCUT2D eigenvalue weighted by Gasteiger charge is 2.74. The van der Waals surface area contributed by atoms with Gasteiger partial charge in [0.1, 0.15) is 34.6 Å². The van der Waals surface area contributed by atoms with E-state index in [9.17, 15) is 30.0 Å². The van der Waals surface area contributed by atoms with Gasteiger partial charge >= 0.3 is 12.0 Å². The summed E-state index contributed by atoms with van der Waals surface area (Å²) in [6.45, 7) is 5.82. The van der Waals surface area contributed by atoms with Crippen LogP contribution >= 0.6 is 11.8 Å². The van der Waals surface area contributed by atoms with E-state index in [1.54, 1.807) is 0 Å². The van der Waals surface area contributed by atoms with Crippen molar-refractivity contribution in [1.29, 1.82) is 0 Å². The van der Waals surface area contributed by atoms with Crippen molar-refractivity contribution in [2.24, 2.45) is 0 Å². The molecular weight excluding hydrogens is 452 g/mol. The molecule has 0 aromatic heterocycles. The summed E-state index contributed by atoms with van der Waals surface area (Å²) in [7, 11) is 0. The van der Waals surface area contributed by atoms with E-state index in [4.69, 9.17) is 9.47 Å². The highest BCUT2D eigenvalue weighted by molar-refractivity contribution is 8.00. The Morgan fingerprint density at radius 1 is 1.06 bits per heavy atom. The third kappa shape index (κ3) is 4.25. The summed E-state index contributed by atoms with van der Waals surface area (Å²) in [5, 5.41) is 49.3. The molecule has 3 rings (SSSR count). The van der Waals surface area contributed by atoms with Crippen molar-refractivity contribution < 1.29 is 39.5 Å². The lowest BCUT2D eigenvalue weighted by Crippen LogP contribution is -2.85. The van der Waals surface area contributed by atoms with Gasteiger partial charge in [0.25, 0.3) is 0 Å². The van der Waals surface area contributed by atoms with Crippen LogP contribution in [0.2, 0.25) is 0 Å². The normalized spacial score (nSPS) is 47.1. The second kappa shape index (κ2) is 8.83. The summed E-state index contributed by atoms with van der Waals surface area (Å²) in [5.74, 6) is 0.420. The van der Waals surface area contributed by atoms with Crippen molar-refractivity contribution >= 4 is 23.8 Å². The Bertz CT molecular complexity index is 775. The summed E-state index contributed by atoms with van der Waals surface area (Å²) in [6, 6.07) is 0.181. The van der Waals surface area contributed by atoms with E-state index in [2.05, 4.69) is 10.6 Å². The molecule has 3 aliphatic heterocycles. The van der Waals surface area contributed by atoms with Crippen LogP contribution in [0.15, 0.2) is 0 Å². The van der Waals surface area contributed by atoms with Crippen molar-refractivity contribution in [3.8, 4) is 0 Å². The standard InChI is InChI=1S/C22H38N2O8S/c1-18(11-25)20(3,28)22(5,30)21(4,29)19(2,32-18)12-31-15(26)9-7-6-8-14-16-13(10-33-14)23-17(27)24-16/h13-14,16,25,28-30H,6-12H2,1-5H3,(H2,23,24,27)/t13-,14?,16-,18?,19+,20?,21?,22?/m0/s1. The van der Waals surface area contributed by atoms with Gasteiger partial charge in [-0.1, -0.05) is 6.42 Å². The van der Waals surface area contributed by atoms with Gasteiger partial charge in [-0.15, -0.1) is 0 Å². The van der Waals surface area contributed by atoms with Gasteiger partial charge in [0.2, 0.25) is 0 Å². The van der Waals surface area contributed by atoms with Gasteiger partial charge < -0.3 is 40.5 Å². The van der Waals surface area contributed by atoms with Crippen molar-refractivity contribution in [2.75, 3.05) is 19.0 Å². The number of hydrogen-bond donors (Lipinski definition) is 6. The Kier molecular flexibility index (Phi) is 7.09. The van der Waals surface area contributed by atoms with Gasteiger partial charge in [-0.25, -0.2) is 4.79 Å². The lowest BCUT2D eigenvalue weighted by molar-refractivity contribution is -0.406. The van der Waals surface area contributed by atoms with Crippen molar-refractivity contribution in [2.45, 2.75) is 106 Å². The van der Waals surface area contributed by atoms with Crippen LogP contribution in [0.5, 0.6) is 0 Å². The molecule has 0 spiro atoms. The molecule has 2 amide bonds. The van der Waals surface area contributed by atoms with Gasteiger partial charge in [-0.05, 0) is 47.5 Å². The molecule has 6 N–H and O–H groups in total. The number of hydrogen-bond acceptors (Lipinski definition) is 9. The molecule has 3 fully saturated rings. The Balaban J connectivity index is 1.52. The minimum absolute atomic E-state index is 0.119. The molecule has 10 nitrogen and oxygen atoms in total. The molecule has 0 radical (unpaired) electrons. The van der Waals surface area contributed by atoms with Crippen LogP contribution < -0.4 is 10.6 Å². The molecule has 3 saturated heterocycles. The fourth-order valence-corrected chi connectivity index (χ4v) is 6.65. The van der Waals surface area contributed by atoms with E-state index in [-0.39, 0.29) is 31.1 Å². The largest absolute Gasteiger partial charge is 0.462 e. The second-order valence-electron chi connectivity index (χ2n) is 10.5. The third-order valence-corrected chi connectivity index (χ3v) is 9.78. The minimum Gasteiger partial charge on any atom is -0.462 e. The Morgan fingerprint density at radius 2 is 1.70 bits per heavy atom. The molecule has 33 heavy (non-hydrogen) atoms. The second-order valence-corrected chi connectivity index (χ2v) is 11.7. The summed E-state index contributed by atoms with van der Waals surface area (Å²) < 4.78 is 11.3. The molecule has 11 heteroatoms. The van der Waals surface area contributed by atoms with Crippen LogP contribution in [-0.4, -0.2) is 96.7 Å². The monoisotopic (exact) mass is 490 g/mol. The number of thioether (sulfide) groups is 1. The lowest BCUT2D eigenvalue weighted by atomic mass is 9.58. The number of aliphatic hydroxyl groups excluding tert-OH is 1. The van der Waals surface area contributed by atoms with Crippen LogP contribution in [-0.2, 0) is 14.3 Å². The zero-order chi connectivity index (χ0) is 24.9. The zero-order valence-electron chi connectivity index (χ0n) is 20.0. The Hall–Kier alpha value is -1.11. The average Bonchev–Trinajstić information content (AvgIpc) is 3.27. The van der Waals surface area contributed by atoms with Crippen LogP contribution in [0.4, 0.5) is 4.79 Å². The predicted octanol–water partition coefficient (Wildman–Crippen LogP) is 0.0483. The number of carbonyl (C=O) groups excluding carboxylic acids is 2. The summed E-state index contributed by atoms with van der Waals surface area (Å²) in [5.41, 5.74) is -9.28. The van der Waals surface area contributed by atoms with Gasteiger partial charge in [-0.2, -0.15) is 11.8 Å². The first-order chi connectivity index (χ1) is 15.1. The maximum Gasteiger partial charge on any atom is 0.315 e. The smallest absolute Gasteiger partial charge is 0.315 e. The van der Waals surface area contributed by atoms with Crippen LogP contribution in [0.1, 0.15) is 60.3 Å². The van der Waals surface area contributed by atoms with Gasteiger partial charge in [-0.3, -0.25) is 4.79 Å². The SMILES string of the molecule is CC1(CO)O[C@](C)(COC(=O)CCCCC2SC[C@@H]3NC(=O)N[C@H]23)C(C)(O)C(C)(O)C1(C)O. The van der Waals surface area contributed by atoms with E-state index in [0.29, 0.717) is 11.7 Å². The summed E-state index contributed by atoms with van der Waals surface area (Å²) >= 11 is 1.82. The minimum atomic E-state index is -2.09. The van der Waals surface area contributed by atoms with Gasteiger partial charge in [0.15, 0.2) is 0 Å². The molecule has 5 unspecified atom stereocenters. The highest BCUT2D eigenvalue weighted by atomic mass is 32.2. The molecule has 0 saturated carbocycles. The predicted molar refractivity (Wildman–Crippen MR) is 122 cm³/mol. The number of fused-ring (bicyclic) bond motifs is 1. The van der Waals surface area contributed by atoms with Crippen molar-refractivity contribution in [3.05, 3.63) is 0 Å². The van der Waals surface area contributed by atoms with E-state index in [0.717, 1.165) is 18.6 Å². The van der Waals surface area contributed by atoms with Crippen molar-refractivity contribution in [3.63, 3.8) is 0 Å². The summed E-state index contributed by atoms with van der Waals surface area (Å²) in [4.78, 5) is 23.9. The Labute approximate surface area is 198 Å². The number of ether oxygens (including phenoxy) is 2. The van der Waals surface area contributed by atoms with Crippen LogP contribution in [0.25, 0.3) is 0 Å². The van der Waals surface area contributed by atoms with Gasteiger partial charge in [0, 0.05) is 17.4 Å². The topological polar surface area (TPSA) is 158 Å². The number of aliphatic hydroxyl groups is 4. The molecular formula is C22H38N2O8S. The number of unbranched alkanes of at least 4 members (excludes halogenated alkanes) is 1. The molecule has 3 aliphatic rings. The fourth-order valence-electron chi connectivity index (χ4n) is 5.10. The number of amides is 2. The number of esters is 1. The maximum absolute atomic E-state index is 12.4. The molecule has 190 valence electrons. The van der Waals surface area contributed by atoms with Crippen LogP contribution in [0, 0.1) is 0 Å². The fraction of sp³-hybridized carbons (Fsp3) is 0.909. The average molecular weight is 491 g/mol. The van der Waals surface area contributed by atoms with E-state index < -0.39 is 40.6 Å². The maximum atomic E-state index is 12.4. The molecule has 0 aromatic rings. The first kappa shape index (κ1) is 26.5. The zero-order valence-corrected chi connectivity index (χ0v) is 20.8. The molecule has 0 aliphatic carbocycles. The van der Waals surface area contributed by atoms with E-state index in [1.165, 1.54) is 34.6 Å². The number of urea groups is 1. The highest BCUT2D eigenvalue weighted by Crippen LogP contribution is 2.53. The molecule has 0 aromatic carbocycles. The Morgan fingerprint density at radius 3 is 2.33 bits per heavy atom. The molecule has 8 atom stereocenters. The van der Waals surface area contributed by atoms with E-state index in [1.807, 2.05) is 11.8 Å².